The number of amides is 1. The number of nitrogens with one attached hydrogen (secondary N) is 1. The minimum Gasteiger partial charge on any atom is -0.325 e. The Morgan fingerprint density at radius 1 is 1.13 bits per heavy atom. The lowest BCUT2D eigenvalue weighted by Gasteiger charge is -2.23. The molecule has 30 heavy (non-hydrogen) atoms. The normalized spacial score (nSPS) is 12.4. The quantitative estimate of drug-likeness (QED) is 0.464. The van der Waals surface area contributed by atoms with E-state index in [2.05, 4.69) is 52.9 Å². The lowest BCUT2D eigenvalue weighted by Crippen LogP contribution is -2.23. The third-order valence-corrected chi connectivity index (χ3v) is 6.15. The maximum absolute atomic E-state index is 12.7. The van der Waals surface area contributed by atoms with Crippen molar-refractivity contribution in [2.75, 3.05) is 25.2 Å². The summed E-state index contributed by atoms with van der Waals surface area (Å²) in [7, 11) is 4.13. The minimum absolute atomic E-state index is 0.0393. The molecule has 0 aliphatic rings. The summed E-state index contributed by atoms with van der Waals surface area (Å²) in [5.74, 6) is 1.24. The number of nitrogens with zero attached hydrogens (tertiary/aromatic N) is 4. The van der Waals surface area contributed by atoms with E-state index < -0.39 is 0 Å². The molecule has 0 radical (unpaired) electrons. The van der Waals surface area contributed by atoms with Crippen LogP contribution in [0, 0.1) is 0 Å². The van der Waals surface area contributed by atoms with Crippen LogP contribution in [0.1, 0.15) is 45.0 Å². The summed E-state index contributed by atoms with van der Waals surface area (Å²) in [5.41, 5.74) is 0.838. The number of benzene rings is 2. The van der Waals surface area contributed by atoms with Crippen molar-refractivity contribution in [2.24, 2.45) is 0 Å². The van der Waals surface area contributed by atoms with Crippen LogP contribution >= 0.6 is 11.8 Å². The number of carbonyl (C=O) groups is 1. The maximum Gasteiger partial charge on any atom is 0.234 e. The first-order valence-corrected chi connectivity index (χ1v) is 11.5. The van der Waals surface area contributed by atoms with Gasteiger partial charge in [0.15, 0.2) is 11.0 Å². The Morgan fingerprint density at radius 3 is 2.63 bits per heavy atom. The molecule has 1 N–H and O–H groups in total. The molecule has 1 heterocycles. The van der Waals surface area contributed by atoms with Crippen LogP contribution in [-0.4, -0.2) is 45.4 Å². The van der Waals surface area contributed by atoms with Crippen LogP contribution < -0.4 is 5.32 Å². The van der Waals surface area contributed by atoms with Gasteiger partial charge in [0, 0.05) is 17.6 Å². The van der Waals surface area contributed by atoms with Gasteiger partial charge in [-0.05, 0) is 38.4 Å². The number of rotatable bonds is 10. The van der Waals surface area contributed by atoms with Crippen molar-refractivity contribution in [1.29, 1.82) is 0 Å². The third kappa shape index (κ3) is 5.21. The van der Waals surface area contributed by atoms with Crippen LogP contribution in [0.4, 0.5) is 5.69 Å². The van der Waals surface area contributed by atoms with E-state index in [0.29, 0.717) is 5.75 Å². The summed E-state index contributed by atoms with van der Waals surface area (Å²) in [6.45, 7) is 5.21. The van der Waals surface area contributed by atoms with E-state index in [9.17, 15) is 4.79 Å². The first-order chi connectivity index (χ1) is 14.5. The van der Waals surface area contributed by atoms with Gasteiger partial charge in [0.2, 0.25) is 5.91 Å². The summed E-state index contributed by atoms with van der Waals surface area (Å²) in [6.07, 6.45) is 3.12. The Labute approximate surface area is 183 Å². The number of thioether (sulfide) groups is 1. The van der Waals surface area contributed by atoms with E-state index in [-0.39, 0.29) is 11.9 Å². The van der Waals surface area contributed by atoms with Crippen molar-refractivity contribution >= 4 is 34.1 Å². The van der Waals surface area contributed by atoms with Gasteiger partial charge in [-0.2, -0.15) is 0 Å². The number of fused-ring (bicyclic) bond motifs is 1. The van der Waals surface area contributed by atoms with Crippen molar-refractivity contribution in [1.82, 2.24) is 19.7 Å². The minimum atomic E-state index is -0.0393. The molecule has 1 atom stereocenters. The molecule has 1 aromatic heterocycles. The Morgan fingerprint density at radius 2 is 1.90 bits per heavy atom. The highest BCUT2D eigenvalue weighted by atomic mass is 32.2. The molecule has 2 aromatic carbocycles. The van der Waals surface area contributed by atoms with Crippen LogP contribution in [0.15, 0.2) is 47.6 Å². The van der Waals surface area contributed by atoms with Crippen LogP contribution in [0.25, 0.3) is 10.8 Å². The van der Waals surface area contributed by atoms with Crippen molar-refractivity contribution in [2.45, 2.75) is 50.9 Å². The van der Waals surface area contributed by atoms with Crippen molar-refractivity contribution in [3.8, 4) is 0 Å². The number of hydrogen-bond donors (Lipinski definition) is 1. The summed E-state index contributed by atoms with van der Waals surface area (Å²) in [5, 5.41) is 14.9. The average Bonchev–Trinajstić information content (AvgIpc) is 3.13. The van der Waals surface area contributed by atoms with E-state index in [1.54, 1.807) is 0 Å². The van der Waals surface area contributed by atoms with Crippen LogP contribution in [0.2, 0.25) is 0 Å². The van der Waals surface area contributed by atoms with Gasteiger partial charge in [-0.1, -0.05) is 68.4 Å². The molecule has 0 saturated carbocycles. The van der Waals surface area contributed by atoms with Crippen molar-refractivity contribution in [3.05, 3.63) is 48.3 Å². The van der Waals surface area contributed by atoms with Gasteiger partial charge in [-0.15, -0.1) is 10.2 Å². The van der Waals surface area contributed by atoms with E-state index in [0.717, 1.165) is 53.2 Å². The van der Waals surface area contributed by atoms with E-state index in [1.807, 2.05) is 42.5 Å². The highest BCUT2D eigenvalue weighted by Crippen LogP contribution is 2.27. The smallest absolute Gasteiger partial charge is 0.234 e. The van der Waals surface area contributed by atoms with Gasteiger partial charge in [0.25, 0.3) is 0 Å². The van der Waals surface area contributed by atoms with Crippen molar-refractivity contribution < 1.29 is 4.79 Å². The molecule has 3 rings (SSSR count). The third-order valence-electron chi connectivity index (χ3n) is 5.18. The largest absolute Gasteiger partial charge is 0.325 e. The predicted molar refractivity (Wildman–Crippen MR) is 125 cm³/mol. The van der Waals surface area contributed by atoms with Gasteiger partial charge >= 0.3 is 0 Å². The Kier molecular flexibility index (Phi) is 7.87. The molecule has 1 amide bonds. The zero-order valence-electron chi connectivity index (χ0n) is 18.3. The predicted octanol–water partition coefficient (Wildman–Crippen LogP) is 4.97. The molecule has 0 aliphatic heterocycles. The fourth-order valence-electron chi connectivity index (χ4n) is 3.61. The first kappa shape index (κ1) is 22.3. The second-order valence-corrected chi connectivity index (χ2v) is 8.54. The zero-order valence-corrected chi connectivity index (χ0v) is 19.1. The molecular weight excluding hydrogens is 394 g/mol. The molecule has 0 saturated heterocycles. The molecular formula is C23H31N5OS. The van der Waals surface area contributed by atoms with Crippen molar-refractivity contribution in [3.63, 3.8) is 0 Å². The first-order valence-electron chi connectivity index (χ1n) is 10.5. The van der Waals surface area contributed by atoms with Gasteiger partial charge in [0.1, 0.15) is 0 Å². The summed E-state index contributed by atoms with van der Waals surface area (Å²) in [6, 6.07) is 14.2. The summed E-state index contributed by atoms with van der Waals surface area (Å²) in [4.78, 5) is 14.8. The summed E-state index contributed by atoms with van der Waals surface area (Å²) >= 11 is 1.45. The van der Waals surface area contributed by atoms with Gasteiger partial charge in [-0.3, -0.25) is 9.69 Å². The topological polar surface area (TPSA) is 63.1 Å². The second kappa shape index (κ2) is 10.6. The maximum atomic E-state index is 12.7. The molecule has 160 valence electrons. The number of carbonyl (C=O) groups excluding carboxylic acids is 1. The monoisotopic (exact) mass is 425 g/mol. The number of unbranched alkanes of at least 4 members (excludes halogenated alkanes) is 1. The Bertz CT molecular complexity index is 979. The highest BCUT2D eigenvalue weighted by molar-refractivity contribution is 7.99. The Hall–Kier alpha value is -2.38. The Balaban J connectivity index is 1.72. The molecule has 3 aromatic rings. The van der Waals surface area contributed by atoms with Gasteiger partial charge < -0.3 is 9.88 Å². The molecule has 0 bridgehead atoms. The zero-order chi connectivity index (χ0) is 21.5. The van der Waals surface area contributed by atoms with E-state index >= 15 is 0 Å². The van der Waals surface area contributed by atoms with Gasteiger partial charge in [-0.25, -0.2) is 0 Å². The van der Waals surface area contributed by atoms with Gasteiger partial charge in [0.05, 0.1) is 11.8 Å². The lowest BCUT2D eigenvalue weighted by atomic mass is 10.1. The molecule has 1 unspecified atom stereocenters. The summed E-state index contributed by atoms with van der Waals surface area (Å²) < 4.78 is 2.19. The molecule has 0 aliphatic carbocycles. The fourth-order valence-corrected chi connectivity index (χ4v) is 4.38. The van der Waals surface area contributed by atoms with Crippen LogP contribution in [-0.2, 0) is 11.3 Å². The van der Waals surface area contributed by atoms with Crippen LogP contribution in [0.5, 0.6) is 0 Å². The highest BCUT2D eigenvalue weighted by Gasteiger charge is 2.22. The fraction of sp³-hybridized carbons (Fsp3) is 0.435. The molecule has 6 nitrogen and oxygen atoms in total. The average molecular weight is 426 g/mol. The standard InChI is InChI=1S/C23H31N5OS/c1-5-7-15-28-22(20(6-2)27(3)4)25-26-23(28)30-16-21(29)24-19-14-10-12-17-11-8-9-13-18(17)19/h8-14,20H,5-7,15-16H2,1-4H3,(H,24,29). The lowest BCUT2D eigenvalue weighted by molar-refractivity contribution is -0.113. The van der Waals surface area contributed by atoms with E-state index in [4.69, 9.17) is 0 Å². The number of hydrogen-bond acceptors (Lipinski definition) is 5. The van der Waals surface area contributed by atoms with E-state index in [1.165, 1.54) is 11.8 Å². The molecule has 0 fully saturated rings. The SMILES string of the molecule is CCCCn1c(SCC(=O)Nc2cccc3ccccc23)nnc1C(CC)N(C)C. The molecule has 0 spiro atoms. The number of anilines is 1. The number of aromatic nitrogens is 3. The molecule has 7 heteroatoms. The second-order valence-electron chi connectivity index (χ2n) is 7.60. The van der Waals surface area contributed by atoms with Crippen LogP contribution in [0.3, 0.4) is 0 Å².